The van der Waals surface area contributed by atoms with Gasteiger partial charge in [-0.1, -0.05) is 6.07 Å². The van der Waals surface area contributed by atoms with Crippen molar-refractivity contribution in [2.24, 2.45) is 0 Å². The van der Waals surface area contributed by atoms with E-state index in [9.17, 15) is 5.26 Å². The quantitative estimate of drug-likeness (QED) is 0.747. The zero-order chi connectivity index (χ0) is 14.3. The second-order valence-corrected chi connectivity index (χ2v) is 7.46. The lowest BCUT2D eigenvalue weighted by molar-refractivity contribution is 1.20. The zero-order valence-corrected chi connectivity index (χ0v) is 13.4. The second-order valence-electron chi connectivity index (χ2n) is 4.29. The summed E-state index contributed by atoms with van der Waals surface area (Å²) in [7, 11) is 0. The number of anilines is 1. The number of hydrogen-bond acceptors (Lipinski definition) is 6. The van der Waals surface area contributed by atoms with Crippen molar-refractivity contribution in [1.82, 2.24) is 4.98 Å². The topological polar surface area (TPSA) is 62.7 Å². The largest absolute Gasteiger partial charge is 0.396 e. The van der Waals surface area contributed by atoms with Gasteiger partial charge in [0.05, 0.1) is 26.1 Å². The first-order valence-corrected chi connectivity index (χ1v) is 8.43. The Morgan fingerprint density at radius 1 is 1.25 bits per heavy atom. The summed E-state index contributed by atoms with van der Waals surface area (Å²) in [6.07, 6.45) is 0. The maximum absolute atomic E-state index is 9.25. The first-order chi connectivity index (χ1) is 9.61. The molecule has 3 aromatic rings. The molecule has 0 radical (unpaired) electrons. The molecule has 0 bridgehead atoms. The van der Waals surface area contributed by atoms with Crippen LogP contribution in [-0.4, -0.2) is 4.98 Å². The standard InChI is InChI=1S/C14H11N3S3/c1-7-13(19-8(2)17-7)14-11(9-4-3-5-18-9)12(16)10(6-15)20-14/h3-5H,16H2,1-2H3. The Labute approximate surface area is 129 Å². The summed E-state index contributed by atoms with van der Waals surface area (Å²) in [6.45, 7) is 3.99. The third kappa shape index (κ3) is 2.04. The Morgan fingerprint density at radius 2 is 2.05 bits per heavy atom. The van der Waals surface area contributed by atoms with Crippen LogP contribution in [-0.2, 0) is 0 Å². The fraction of sp³-hybridized carbons (Fsp3) is 0.143. The van der Waals surface area contributed by atoms with Crippen LogP contribution in [0.4, 0.5) is 5.69 Å². The average Bonchev–Trinajstić information content (AvgIpc) is 3.09. The predicted octanol–water partition coefficient (Wildman–Crippen LogP) is 4.67. The van der Waals surface area contributed by atoms with Crippen LogP contribution in [0, 0.1) is 25.2 Å². The van der Waals surface area contributed by atoms with Crippen molar-refractivity contribution in [3.05, 3.63) is 33.1 Å². The highest BCUT2D eigenvalue weighted by molar-refractivity contribution is 7.23. The van der Waals surface area contributed by atoms with Crippen molar-refractivity contribution in [2.45, 2.75) is 13.8 Å². The van der Waals surface area contributed by atoms with Gasteiger partial charge in [-0.05, 0) is 25.3 Å². The van der Waals surface area contributed by atoms with E-state index in [1.165, 1.54) is 11.3 Å². The van der Waals surface area contributed by atoms with E-state index in [1.807, 2.05) is 31.4 Å². The van der Waals surface area contributed by atoms with Crippen molar-refractivity contribution in [2.75, 3.05) is 5.73 Å². The molecular weight excluding hydrogens is 306 g/mol. The van der Waals surface area contributed by atoms with Crippen LogP contribution in [0.15, 0.2) is 17.5 Å². The van der Waals surface area contributed by atoms with Crippen molar-refractivity contribution >= 4 is 39.7 Å². The molecule has 0 fully saturated rings. The summed E-state index contributed by atoms with van der Waals surface area (Å²) in [5, 5.41) is 12.3. The minimum atomic E-state index is 0.578. The van der Waals surface area contributed by atoms with Crippen molar-refractivity contribution in [3.63, 3.8) is 0 Å². The van der Waals surface area contributed by atoms with Gasteiger partial charge in [0, 0.05) is 10.4 Å². The number of hydrogen-bond donors (Lipinski definition) is 1. The Kier molecular flexibility index (Phi) is 3.34. The molecule has 0 aromatic carbocycles. The lowest BCUT2D eigenvalue weighted by Gasteiger charge is -2.01. The normalized spacial score (nSPS) is 10.7. The molecule has 6 heteroatoms. The minimum absolute atomic E-state index is 0.578. The molecule has 2 N–H and O–H groups in total. The van der Waals surface area contributed by atoms with Crippen molar-refractivity contribution in [3.8, 4) is 26.3 Å². The Balaban J connectivity index is 2.31. The molecule has 0 atom stereocenters. The van der Waals surface area contributed by atoms with Gasteiger partial charge in [-0.3, -0.25) is 0 Å². The van der Waals surface area contributed by atoms with Gasteiger partial charge in [0.1, 0.15) is 10.9 Å². The number of nitrogens with two attached hydrogens (primary N) is 1. The SMILES string of the molecule is Cc1nc(C)c(-c2sc(C#N)c(N)c2-c2cccs2)s1. The Morgan fingerprint density at radius 3 is 2.60 bits per heavy atom. The maximum atomic E-state index is 9.25. The first-order valence-electron chi connectivity index (χ1n) is 5.92. The van der Waals surface area contributed by atoms with Crippen LogP contribution in [0.25, 0.3) is 20.2 Å². The fourth-order valence-corrected chi connectivity index (χ4v) is 5.09. The Bertz CT molecular complexity index is 804. The van der Waals surface area contributed by atoms with E-state index in [2.05, 4.69) is 11.1 Å². The number of nitrogens with zero attached hydrogens (tertiary/aromatic N) is 2. The smallest absolute Gasteiger partial charge is 0.129 e. The summed E-state index contributed by atoms with van der Waals surface area (Å²) in [5.74, 6) is 0. The molecule has 0 aliphatic heterocycles. The van der Waals surface area contributed by atoms with Crippen LogP contribution in [0.1, 0.15) is 15.6 Å². The zero-order valence-electron chi connectivity index (χ0n) is 10.9. The average molecular weight is 317 g/mol. The number of nitriles is 1. The highest BCUT2D eigenvalue weighted by Gasteiger charge is 2.22. The third-order valence-electron chi connectivity index (χ3n) is 2.92. The predicted molar refractivity (Wildman–Crippen MR) is 87.3 cm³/mol. The van der Waals surface area contributed by atoms with Crippen molar-refractivity contribution < 1.29 is 0 Å². The van der Waals surface area contributed by atoms with E-state index >= 15 is 0 Å². The summed E-state index contributed by atoms with van der Waals surface area (Å²) in [5.41, 5.74) is 8.74. The molecule has 0 unspecified atom stereocenters. The van der Waals surface area contributed by atoms with Gasteiger partial charge >= 0.3 is 0 Å². The highest BCUT2D eigenvalue weighted by Crippen LogP contribution is 2.48. The number of thiophene rings is 2. The molecule has 0 aliphatic rings. The van der Waals surface area contributed by atoms with Crippen molar-refractivity contribution in [1.29, 1.82) is 5.26 Å². The Hall–Kier alpha value is -1.68. The lowest BCUT2D eigenvalue weighted by Crippen LogP contribution is -1.87. The third-order valence-corrected chi connectivity index (χ3v) is 6.16. The van der Waals surface area contributed by atoms with Gasteiger partial charge in [0.15, 0.2) is 0 Å². The van der Waals surface area contributed by atoms with E-state index in [-0.39, 0.29) is 0 Å². The summed E-state index contributed by atoms with van der Waals surface area (Å²) in [4.78, 5) is 8.33. The van der Waals surface area contributed by atoms with Gasteiger partial charge in [-0.2, -0.15) is 5.26 Å². The number of rotatable bonds is 2. The van der Waals surface area contributed by atoms with E-state index in [4.69, 9.17) is 5.73 Å². The molecule has 3 aromatic heterocycles. The summed E-state index contributed by atoms with van der Waals surface area (Å²) >= 11 is 4.74. The van der Waals surface area contributed by atoms with Crippen LogP contribution in [0.3, 0.4) is 0 Å². The summed E-state index contributed by atoms with van der Waals surface area (Å²) < 4.78 is 0. The molecule has 100 valence electrons. The van der Waals surface area contributed by atoms with Crippen LogP contribution in [0.5, 0.6) is 0 Å². The summed E-state index contributed by atoms with van der Waals surface area (Å²) in [6, 6.07) is 6.23. The highest BCUT2D eigenvalue weighted by atomic mass is 32.1. The maximum Gasteiger partial charge on any atom is 0.129 e. The van der Waals surface area contributed by atoms with Gasteiger partial charge in [-0.15, -0.1) is 34.0 Å². The van der Waals surface area contributed by atoms with Crippen LogP contribution < -0.4 is 5.73 Å². The molecule has 3 rings (SSSR count). The molecule has 0 spiro atoms. The number of aryl methyl sites for hydroxylation is 2. The van der Waals surface area contributed by atoms with Gasteiger partial charge < -0.3 is 5.73 Å². The molecule has 0 saturated heterocycles. The monoisotopic (exact) mass is 317 g/mol. The molecular formula is C14H11N3S3. The van der Waals surface area contributed by atoms with Crippen LogP contribution >= 0.6 is 34.0 Å². The van der Waals surface area contributed by atoms with Gasteiger partial charge in [0.2, 0.25) is 0 Å². The van der Waals surface area contributed by atoms with E-state index in [0.717, 1.165) is 30.9 Å². The molecule has 20 heavy (non-hydrogen) atoms. The van der Waals surface area contributed by atoms with E-state index in [0.29, 0.717) is 10.6 Å². The minimum Gasteiger partial charge on any atom is -0.396 e. The van der Waals surface area contributed by atoms with E-state index < -0.39 is 0 Å². The van der Waals surface area contributed by atoms with Gasteiger partial charge in [0.25, 0.3) is 0 Å². The van der Waals surface area contributed by atoms with Crippen LogP contribution in [0.2, 0.25) is 0 Å². The fourth-order valence-electron chi connectivity index (χ4n) is 2.09. The number of nitrogen functional groups attached to an aromatic ring is 1. The van der Waals surface area contributed by atoms with E-state index in [1.54, 1.807) is 22.7 Å². The number of aromatic nitrogens is 1. The number of thiazole rings is 1. The molecule has 3 heterocycles. The lowest BCUT2D eigenvalue weighted by atomic mass is 10.1. The molecule has 0 saturated carbocycles. The van der Waals surface area contributed by atoms with Gasteiger partial charge in [-0.25, -0.2) is 4.98 Å². The molecule has 3 nitrogen and oxygen atoms in total. The molecule has 0 amide bonds. The second kappa shape index (κ2) is 5.02. The first kappa shape index (κ1) is 13.3. The molecule has 0 aliphatic carbocycles.